The number of rotatable bonds is 5. The highest BCUT2D eigenvalue weighted by atomic mass is 35.5. The van der Waals surface area contributed by atoms with Gasteiger partial charge < -0.3 is 10.2 Å². The molecule has 0 saturated heterocycles. The molecule has 2 unspecified atom stereocenters. The lowest BCUT2D eigenvalue weighted by atomic mass is 10.1. The smallest absolute Gasteiger partial charge is 0.228 e. The first kappa shape index (κ1) is 14.4. The maximum absolute atomic E-state index is 12.4. The Hall–Kier alpha value is -1.06. The van der Waals surface area contributed by atoms with E-state index in [2.05, 4.69) is 5.32 Å². The third kappa shape index (κ3) is 3.28. The van der Waals surface area contributed by atoms with Crippen LogP contribution < -0.4 is 10.2 Å². The summed E-state index contributed by atoms with van der Waals surface area (Å²) < 4.78 is 0. The Kier molecular flexibility index (Phi) is 5.23. The van der Waals surface area contributed by atoms with E-state index in [0.717, 1.165) is 24.9 Å². The van der Waals surface area contributed by atoms with Crippen molar-refractivity contribution in [3.63, 3.8) is 0 Å². The van der Waals surface area contributed by atoms with Gasteiger partial charge in [0.25, 0.3) is 0 Å². The lowest BCUT2D eigenvalue weighted by Crippen LogP contribution is -2.49. The molecule has 0 radical (unpaired) electrons. The molecule has 1 aliphatic rings. The number of benzene rings is 1. The standard InChI is InChI=1S/C15H21ClN2O/c1-17-13-8-5-9-14(13)18(15(19)10-11-16)12-6-3-2-4-7-12/h2-4,6-7,13-14,17H,5,8-11H2,1H3. The number of carbonyl (C=O) groups excluding carboxylic acids is 1. The van der Waals surface area contributed by atoms with Crippen LogP contribution in [0.2, 0.25) is 0 Å². The highest BCUT2D eigenvalue weighted by molar-refractivity contribution is 6.19. The molecule has 0 aliphatic heterocycles. The minimum Gasteiger partial charge on any atom is -0.315 e. The summed E-state index contributed by atoms with van der Waals surface area (Å²) in [7, 11) is 1.97. The zero-order chi connectivity index (χ0) is 13.7. The van der Waals surface area contributed by atoms with E-state index in [1.54, 1.807) is 0 Å². The Morgan fingerprint density at radius 1 is 1.37 bits per heavy atom. The summed E-state index contributed by atoms with van der Waals surface area (Å²) in [4.78, 5) is 14.3. The van der Waals surface area contributed by atoms with Crippen molar-refractivity contribution in [3.8, 4) is 0 Å². The Labute approximate surface area is 119 Å². The van der Waals surface area contributed by atoms with E-state index in [9.17, 15) is 4.79 Å². The van der Waals surface area contributed by atoms with Crippen LogP contribution in [-0.4, -0.2) is 30.9 Å². The summed E-state index contributed by atoms with van der Waals surface area (Å²) in [5.74, 6) is 0.493. The fourth-order valence-electron chi connectivity index (χ4n) is 2.90. The fourth-order valence-corrected chi connectivity index (χ4v) is 3.06. The molecule has 19 heavy (non-hydrogen) atoms. The van der Waals surface area contributed by atoms with Gasteiger partial charge >= 0.3 is 0 Å². The molecule has 0 heterocycles. The number of nitrogens with one attached hydrogen (secondary N) is 1. The largest absolute Gasteiger partial charge is 0.315 e. The van der Waals surface area contributed by atoms with Crippen LogP contribution in [0.25, 0.3) is 0 Å². The van der Waals surface area contributed by atoms with Crippen molar-refractivity contribution in [2.75, 3.05) is 17.8 Å². The maximum Gasteiger partial charge on any atom is 0.228 e. The molecule has 2 rings (SSSR count). The third-order valence-corrected chi connectivity index (χ3v) is 3.98. The van der Waals surface area contributed by atoms with E-state index in [4.69, 9.17) is 11.6 Å². The van der Waals surface area contributed by atoms with Gasteiger partial charge in [0.15, 0.2) is 0 Å². The zero-order valence-corrected chi connectivity index (χ0v) is 12.1. The summed E-state index contributed by atoms with van der Waals surface area (Å²) in [5, 5.41) is 3.33. The highest BCUT2D eigenvalue weighted by Crippen LogP contribution is 2.29. The Balaban J connectivity index is 2.26. The van der Waals surface area contributed by atoms with Crippen molar-refractivity contribution in [1.29, 1.82) is 0 Å². The van der Waals surface area contributed by atoms with Crippen LogP contribution in [-0.2, 0) is 4.79 Å². The van der Waals surface area contributed by atoms with Gasteiger partial charge in [0, 0.05) is 24.0 Å². The minimum atomic E-state index is 0.119. The molecule has 1 fully saturated rings. The summed E-state index contributed by atoms with van der Waals surface area (Å²) in [6, 6.07) is 10.5. The van der Waals surface area contributed by atoms with E-state index in [0.29, 0.717) is 18.3 Å². The van der Waals surface area contributed by atoms with Gasteiger partial charge in [-0.15, -0.1) is 11.6 Å². The first-order chi connectivity index (χ1) is 9.27. The second-order valence-corrected chi connectivity index (χ2v) is 5.31. The second kappa shape index (κ2) is 6.92. The molecule has 0 spiro atoms. The van der Waals surface area contributed by atoms with Gasteiger partial charge in [-0.3, -0.25) is 4.79 Å². The normalized spacial score (nSPS) is 22.4. The maximum atomic E-state index is 12.4. The van der Waals surface area contributed by atoms with Crippen molar-refractivity contribution < 1.29 is 4.79 Å². The number of likely N-dealkylation sites (N-methyl/N-ethyl adjacent to an activating group) is 1. The molecule has 1 N–H and O–H groups in total. The number of nitrogens with zero attached hydrogens (tertiary/aromatic N) is 1. The number of hydrogen-bond acceptors (Lipinski definition) is 2. The molecule has 3 nitrogen and oxygen atoms in total. The van der Waals surface area contributed by atoms with Gasteiger partial charge in [-0.25, -0.2) is 0 Å². The van der Waals surface area contributed by atoms with E-state index in [1.165, 1.54) is 0 Å². The summed E-state index contributed by atoms with van der Waals surface area (Å²) in [5.41, 5.74) is 0.977. The molecule has 0 aromatic heterocycles. The van der Waals surface area contributed by atoms with Gasteiger partial charge in [0.1, 0.15) is 0 Å². The van der Waals surface area contributed by atoms with Gasteiger partial charge in [-0.05, 0) is 38.4 Å². The molecule has 1 amide bonds. The van der Waals surface area contributed by atoms with Crippen LogP contribution in [0, 0.1) is 0 Å². The van der Waals surface area contributed by atoms with Gasteiger partial charge in [-0.2, -0.15) is 0 Å². The van der Waals surface area contributed by atoms with Crippen molar-refractivity contribution in [2.45, 2.75) is 37.8 Å². The molecule has 0 bridgehead atoms. The second-order valence-electron chi connectivity index (χ2n) is 4.93. The van der Waals surface area contributed by atoms with Crippen LogP contribution in [0.3, 0.4) is 0 Å². The molecular weight excluding hydrogens is 260 g/mol. The minimum absolute atomic E-state index is 0.119. The monoisotopic (exact) mass is 280 g/mol. The zero-order valence-electron chi connectivity index (χ0n) is 11.3. The SMILES string of the molecule is CNC1CCCC1N(C(=O)CCCl)c1ccccc1. The van der Waals surface area contributed by atoms with E-state index in [-0.39, 0.29) is 11.9 Å². The summed E-state index contributed by atoms with van der Waals surface area (Å²) >= 11 is 5.74. The average Bonchev–Trinajstić information content (AvgIpc) is 2.89. The molecule has 2 atom stereocenters. The van der Waals surface area contributed by atoms with Gasteiger partial charge in [-0.1, -0.05) is 18.2 Å². The van der Waals surface area contributed by atoms with Crippen LogP contribution in [0.1, 0.15) is 25.7 Å². The van der Waals surface area contributed by atoms with Crippen LogP contribution in [0.15, 0.2) is 30.3 Å². The number of halogens is 1. The van der Waals surface area contributed by atoms with E-state index < -0.39 is 0 Å². The molecule has 4 heteroatoms. The number of carbonyl (C=O) groups is 1. The number of alkyl halides is 1. The van der Waals surface area contributed by atoms with Crippen molar-refractivity contribution in [1.82, 2.24) is 5.32 Å². The topological polar surface area (TPSA) is 32.3 Å². The van der Waals surface area contributed by atoms with Crippen LogP contribution in [0.5, 0.6) is 0 Å². The first-order valence-corrected chi connectivity index (χ1v) is 7.41. The Bertz CT molecular complexity index is 410. The average molecular weight is 281 g/mol. The first-order valence-electron chi connectivity index (χ1n) is 6.88. The summed E-state index contributed by atoms with van der Waals surface area (Å²) in [6.45, 7) is 0. The molecule has 104 valence electrons. The van der Waals surface area contributed by atoms with Crippen molar-refractivity contribution in [2.24, 2.45) is 0 Å². The molecule has 1 aliphatic carbocycles. The van der Waals surface area contributed by atoms with Crippen LogP contribution >= 0.6 is 11.6 Å². The molecule has 1 aromatic rings. The molecule has 1 aromatic carbocycles. The van der Waals surface area contributed by atoms with Crippen LogP contribution in [0.4, 0.5) is 5.69 Å². The van der Waals surface area contributed by atoms with Crippen molar-refractivity contribution in [3.05, 3.63) is 30.3 Å². The fraction of sp³-hybridized carbons (Fsp3) is 0.533. The van der Waals surface area contributed by atoms with Gasteiger partial charge in [0.2, 0.25) is 5.91 Å². The highest BCUT2D eigenvalue weighted by Gasteiger charge is 2.34. The third-order valence-electron chi connectivity index (χ3n) is 3.79. The van der Waals surface area contributed by atoms with E-state index in [1.807, 2.05) is 42.3 Å². The number of amides is 1. The lowest BCUT2D eigenvalue weighted by molar-refractivity contribution is -0.118. The predicted octanol–water partition coefficient (Wildman–Crippen LogP) is 2.79. The van der Waals surface area contributed by atoms with E-state index >= 15 is 0 Å². The molecule has 1 saturated carbocycles. The Morgan fingerprint density at radius 2 is 2.11 bits per heavy atom. The number of hydrogen-bond donors (Lipinski definition) is 1. The molecular formula is C15H21ClN2O. The number of anilines is 1. The Morgan fingerprint density at radius 3 is 2.74 bits per heavy atom. The quantitative estimate of drug-likeness (QED) is 0.841. The number of para-hydroxylation sites is 1. The van der Waals surface area contributed by atoms with Crippen molar-refractivity contribution >= 4 is 23.2 Å². The van der Waals surface area contributed by atoms with Gasteiger partial charge in [0.05, 0.1) is 6.04 Å². The summed E-state index contributed by atoms with van der Waals surface area (Å²) in [6.07, 6.45) is 3.73. The predicted molar refractivity (Wildman–Crippen MR) is 79.8 cm³/mol. The lowest BCUT2D eigenvalue weighted by Gasteiger charge is -2.33.